The van der Waals surface area contributed by atoms with Crippen LogP contribution in [0.2, 0.25) is 0 Å². The Bertz CT molecular complexity index is 825. The molecule has 0 radical (unpaired) electrons. The van der Waals surface area contributed by atoms with Crippen molar-refractivity contribution < 1.29 is 9.21 Å². The standard InChI is InChI=1S/C22H32N6O2/c1-4-23-22(26-18-10-12-28(13-11-18)15-20(29)27(2)3)24-14-19-16-30-21(25-19)17-8-6-5-7-9-17/h5-9,16,18H,4,10-15H2,1-3H3,(H2,23,24,26). The number of benzene rings is 1. The van der Waals surface area contributed by atoms with Crippen LogP contribution in [0.5, 0.6) is 0 Å². The molecule has 0 bridgehead atoms. The van der Waals surface area contributed by atoms with Gasteiger partial charge in [-0.2, -0.15) is 0 Å². The number of carbonyl (C=O) groups is 1. The minimum Gasteiger partial charge on any atom is -0.444 e. The lowest BCUT2D eigenvalue weighted by molar-refractivity contribution is -0.130. The number of aliphatic imine (C=N–C) groups is 1. The van der Waals surface area contributed by atoms with Crippen LogP contribution in [0.3, 0.4) is 0 Å². The highest BCUT2D eigenvalue weighted by atomic mass is 16.3. The van der Waals surface area contributed by atoms with Crippen molar-refractivity contribution in [2.45, 2.75) is 32.4 Å². The number of hydrogen-bond donors (Lipinski definition) is 2. The Morgan fingerprint density at radius 3 is 2.67 bits per heavy atom. The molecule has 1 aliphatic heterocycles. The van der Waals surface area contributed by atoms with E-state index in [4.69, 9.17) is 4.42 Å². The molecule has 1 aromatic heterocycles. The SMILES string of the molecule is CCNC(=NCc1coc(-c2ccccc2)n1)NC1CCN(CC(=O)N(C)C)CC1. The molecule has 0 atom stereocenters. The second-order valence-corrected chi connectivity index (χ2v) is 7.69. The average Bonchev–Trinajstić information content (AvgIpc) is 3.23. The number of piperidine rings is 1. The average molecular weight is 413 g/mol. The fourth-order valence-electron chi connectivity index (χ4n) is 3.33. The van der Waals surface area contributed by atoms with Crippen molar-refractivity contribution >= 4 is 11.9 Å². The van der Waals surface area contributed by atoms with Crippen molar-refractivity contribution in [1.29, 1.82) is 0 Å². The Morgan fingerprint density at radius 2 is 2.00 bits per heavy atom. The van der Waals surface area contributed by atoms with Crippen molar-refractivity contribution in [2.75, 3.05) is 40.3 Å². The van der Waals surface area contributed by atoms with Gasteiger partial charge in [-0.1, -0.05) is 18.2 Å². The van der Waals surface area contributed by atoms with Gasteiger partial charge in [-0.15, -0.1) is 0 Å². The zero-order chi connectivity index (χ0) is 21.3. The van der Waals surface area contributed by atoms with Crippen molar-refractivity contribution in [3.05, 3.63) is 42.3 Å². The van der Waals surface area contributed by atoms with Gasteiger partial charge in [0.1, 0.15) is 12.0 Å². The van der Waals surface area contributed by atoms with Crippen LogP contribution in [0, 0.1) is 0 Å². The van der Waals surface area contributed by atoms with Crippen LogP contribution in [0.25, 0.3) is 11.5 Å². The first-order chi connectivity index (χ1) is 14.5. The predicted molar refractivity (Wildman–Crippen MR) is 118 cm³/mol. The van der Waals surface area contributed by atoms with Gasteiger partial charge in [0, 0.05) is 45.3 Å². The molecule has 162 valence electrons. The summed E-state index contributed by atoms with van der Waals surface area (Å²) in [7, 11) is 3.60. The maximum Gasteiger partial charge on any atom is 0.236 e. The number of guanidine groups is 1. The van der Waals surface area contributed by atoms with Crippen molar-refractivity contribution in [3.63, 3.8) is 0 Å². The summed E-state index contributed by atoms with van der Waals surface area (Å²) in [5.74, 6) is 1.54. The van der Waals surface area contributed by atoms with Crippen molar-refractivity contribution in [1.82, 2.24) is 25.4 Å². The van der Waals surface area contributed by atoms with E-state index in [9.17, 15) is 4.79 Å². The second-order valence-electron chi connectivity index (χ2n) is 7.69. The number of aromatic nitrogens is 1. The number of likely N-dealkylation sites (tertiary alicyclic amines) is 1. The smallest absolute Gasteiger partial charge is 0.236 e. The number of oxazole rings is 1. The highest BCUT2D eigenvalue weighted by Crippen LogP contribution is 2.18. The monoisotopic (exact) mass is 412 g/mol. The third-order valence-corrected chi connectivity index (χ3v) is 5.10. The first-order valence-electron chi connectivity index (χ1n) is 10.5. The Kier molecular flexibility index (Phi) is 7.84. The summed E-state index contributed by atoms with van der Waals surface area (Å²) in [4.78, 5) is 25.0. The number of carbonyl (C=O) groups excluding carboxylic acids is 1. The summed E-state index contributed by atoms with van der Waals surface area (Å²) < 4.78 is 5.60. The maximum absolute atomic E-state index is 11.9. The van der Waals surface area contributed by atoms with E-state index >= 15 is 0 Å². The lowest BCUT2D eigenvalue weighted by atomic mass is 10.1. The topological polar surface area (TPSA) is 86.0 Å². The molecule has 0 saturated carbocycles. The summed E-state index contributed by atoms with van der Waals surface area (Å²) in [6, 6.07) is 10.2. The molecule has 3 rings (SSSR count). The lowest BCUT2D eigenvalue weighted by Crippen LogP contribution is -2.50. The van der Waals surface area contributed by atoms with Gasteiger partial charge in [-0.3, -0.25) is 9.69 Å². The van der Waals surface area contributed by atoms with Gasteiger partial charge in [0.05, 0.1) is 13.1 Å². The Hall–Kier alpha value is -2.87. The molecule has 8 nitrogen and oxygen atoms in total. The highest BCUT2D eigenvalue weighted by molar-refractivity contribution is 5.80. The van der Waals surface area contributed by atoms with Gasteiger partial charge in [-0.25, -0.2) is 9.98 Å². The molecular weight excluding hydrogens is 380 g/mol. The maximum atomic E-state index is 11.9. The predicted octanol–water partition coefficient (Wildman–Crippen LogP) is 1.95. The number of nitrogens with one attached hydrogen (secondary N) is 2. The van der Waals surface area contributed by atoms with Gasteiger partial charge in [-0.05, 0) is 31.9 Å². The molecule has 0 aliphatic carbocycles. The summed E-state index contributed by atoms with van der Waals surface area (Å²) >= 11 is 0. The van der Waals surface area contributed by atoms with Crippen LogP contribution in [-0.2, 0) is 11.3 Å². The molecule has 0 spiro atoms. The fourth-order valence-corrected chi connectivity index (χ4v) is 3.33. The minimum absolute atomic E-state index is 0.152. The van der Waals surface area contributed by atoms with E-state index in [1.807, 2.05) is 30.3 Å². The van der Waals surface area contributed by atoms with Crippen LogP contribution in [0.4, 0.5) is 0 Å². The molecule has 1 aromatic carbocycles. The Morgan fingerprint density at radius 1 is 1.27 bits per heavy atom. The number of likely N-dealkylation sites (N-methyl/N-ethyl adjacent to an activating group) is 1. The molecular formula is C22H32N6O2. The summed E-state index contributed by atoms with van der Waals surface area (Å²) in [6.45, 7) is 5.58. The van der Waals surface area contributed by atoms with E-state index in [1.165, 1.54) is 0 Å². The molecule has 2 aromatic rings. The summed E-state index contributed by atoms with van der Waals surface area (Å²) in [5.41, 5.74) is 1.75. The van der Waals surface area contributed by atoms with Crippen molar-refractivity contribution in [3.8, 4) is 11.5 Å². The van der Waals surface area contributed by atoms with E-state index in [0.717, 1.165) is 49.7 Å². The third kappa shape index (κ3) is 6.32. The van der Waals surface area contributed by atoms with Gasteiger partial charge >= 0.3 is 0 Å². The summed E-state index contributed by atoms with van der Waals surface area (Å²) in [5, 5.41) is 6.82. The van der Waals surface area contributed by atoms with E-state index in [2.05, 4.69) is 32.4 Å². The molecule has 1 fully saturated rings. The van der Waals surface area contributed by atoms with E-state index < -0.39 is 0 Å². The number of nitrogens with zero attached hydrogens (tertiary/aromatic N) is 4. The van der Waals surface area contributed by atoms with Crippen LogP contribution in [-0.4, -0.2) is 73.0 Å². The van der Waals surface area contributed by atoms with Gasteiger partial charge in [0.2, 0.25) is 11.8 Å². The van der Waals surface area contributed by atoms with Gasteiger partial charge in [0.15, 0.2) is 5.96 Å². The molecule has 2 N–H and O–H groups in total. The first kappa shape index (κ1) is 21.8. The van der Waals surface area contributed by atoms with E-state index in [1.54, 1.807) is 25.3 Å². The van der Waals surface area contributed by atoms with Gasteiger partial charge in [0.25, 0.3) is 0 Å². The number of rotatable bonds is 7. The van der Waals surface area contributed by atoms with Crippen LogP contribution < -0.4 is 10.6 Å². The van der Waals surface area contributed by atoms with E-state index in [0.29, 0.717) is 25.0 Å². The zero-order valence-electron chi connectivity index (χ0n) is 18.1. The van der Waals surface area contributed by atoms with Crippen LogP contribution in [0.15, 0.2) is 46.0 Å². The molecule has 0 unspecified atom stereocenters. The lowest BCUT2D eigenvalue weighted by Gasteiger charge is -2.33. The molecule has 1 aliphatic rings. The largest absolute Gasteiger partial charge is 0.444 e. The van der Waals surface area contributed by atoms with Crippen LogP contribution >= 0.6 is 0 Å². The number of amides is 1. The third-order valence-electron chi connectivity index (χ3n) is 5.10. The molecule has 1 saturated heterocycles. The Labute approximate surface area is 178 Å². The minimum atomic E-state index is 0.152. The second kappa shape index (κ2) is 10.8. The van der Waals surface area contributed by atoms with Crippen LogP contribution in [0.1, 0.15) is 25.5 Å². The molecule has 1 amide bonds. The highest BCUT2D eigenvalue weighted by Gasteiger charge is 2.22. The quantitative estimate of drug-likeness (QED) is 0.534. The summed E-state index contributed by atoms with van der Waals surface area (Å²) in [6.07, 6.45) is 3.62. The molecule has 30 heavy (non-hydrogen) atoms. The van der Waals surface area contributed by atoms with Crippen molar-refractivity contribution in [2.24, 2.45) is 4.99 Å². The van der Waals surface area contributed by atoms with E-state index in [-0.39, 0.29) is 5.91 Å². The molecule has 2 heterocycles. The van der Waals surface area contributed by atoms with Gasteiger partial charge < -0.3 is 20.0 Å². The first-order valence-corrected chi connectivity index (χ1v) is 10.5. The zero-order valence-corrected chi connectivity index (χ0v) is 18.1. The fraction of sp³-hybridized carbons (Fsp3) is 0.500. The normalized spacial score (nSPS) is 15.8. The Balaban J connectivity index is 1.52. The molecule has 8 heteroatoms. The number of hydrogen-bond acceptors (Lipinski definition) is 5.